The third-order valence-electron chi connectivity index (χ3n) is 2.91. The molecule has 0 radical (unpaired) electrons. The van der Waals surface area contributed by atoms with Crippen LogP contribution in [0.5, 0.6) is 0 Å². The zero-order valence-corrected chi connectivity index (χ0v) is 12.8. The number of carbonyl (C=O) groups excluding carboxylic acids is 1. The highest BCUT2D eigenvalue weighted by Crippen LogP contribution is 2.15. The van der Waals surface area contributed by atoms with Crippen molar-refractivity contribution in [1.82, 2.24) is 0 Å². The number of methoxy groups -OCH3 is 1. The number of carbonyl (C=O) groups is 1. The van der Waals surface area contributed by atoms with Crippen molar-refractivity contribution in [2.75, 3.05) is 13.7 Å². The van der Waals surface area contributed by atoms with Crippen molar-refractivity contribution < 1.29 is 14.3 Å². The third kappa shape index (κ3) is 8.16. The monoisotopic (exact) mass is 258 g/mol. The summed E-state index contributed by atoms with van der Waals surface area (Å²) in [5, 5.41) is 0. The number of esters is 1. The topological polar surface area (TPSA) is 35.5 Å². The maximum atomic E-state index is 11.3. The van der Waals surface area contributed by atoms with Gasteiger partial charge in [-0.25, -0.2) is 4.79 Å². The van der Waals surface area contributed by atoms with Gasteiger partial charge in [-0.3, -0.25) is 0 Å². The normalized spacial score (nSPS) is 14.8. The van der Waals surface area contributed by atoms with E-state index < -0.39 is 9.52 Å². The first-order valence-electron chi connectivity index (χ1n) is 6.49. The van der Waals surface area contributed by atoms with Crippen molar-refractivity contribution in [1.29, 1.82) is 0 Å². The summed E-state index contributed by atoms with van der Waals surface area (Å²) >= 11 is 0. The molecule has 0 aromatic rings. The predicted octanol–water partition coefficient (Wildman–Crippen LogP) is 2.25. The Balaban J connectivity index is 4.23. The van der Waals surface area contributed by atoms with E-state index in [1.54, 1.807) is 7.11 Å². The molecular formula is C13H26O3Si. The third-order valence-corrected chi connectivity index (χ3v) is 5.49. The highest BCUT2D eigenvalue weighted by atomic mass is 28.2. The molecule has 0 saturated heterocycles. The average molecular weight is 258 g/mol. The highest BCUT2D eigenvalue weighted by Gasteiger charge is 2.18. The van der Waals surface area contributed by atoms with Crippen LogP contribution in [0.2, 0.25) is 5.54 Å². The van der Waals surface area contributed by atoms with Gasteiger partial charge in [0, 0.05) is 19.8 Å². The van der Waals surface area contributed by atoms with Gasteiger partial charge in [-0.2, -0.15) is 0 Å². The summed E-state index contributed by atoms with van der Waals surface area (Å²) in [7, 11) is 1.27. The summed E-state index contributed by atoms with van der Waals surface area (Å²) in [5.41, 5.74) is 0.736. The summed E-state index contributed by atoms with van der Waals surface area (Å²) in [5.74, 6) is -0.286. The second kappa shape index (κ2) is 10.5. The molecule has 0 aromatic heterocycles. The van der Waals surface area contributed by atoms with Crippen molar-refractivity contribution in [2.45, 2.75) is 50.8 Å². The number of rotatable bonds is 10. The van der Waals surface area contributed by atoms with E-state index in [1.165, 1.54) is 6.08 Å². The first kappa shape index (κ1) is 16.4. The van der Waals surface area contributed by atoms with Gasteiger partial charge in [0.1, 0.15) is 0 Å². The first-order chi connectivity index (χ1) is 8.17. The van der Waals surface area contributed by atoms with Crippen LogP contribution >= 0.6 is 0 Å². The number of unbranched alkanes of at least 4 members (excludes halogenated alkanes) is 1. The minimum Gasteiger partial charge on any atom is -0.464 e. The fraction of sp³-hybridized carbons (Fsp3) is 0.769. The summed E-state index contributed by atoms with van der Waals surface area (Å²) < 4.78 is 10.6. The van der Waals surface area contributed by atoms with E-state index in [2.05, 4.69) is 20.4 Å². The van der Waals surface area contributed by atoms with Crippen LogP contribution in [0, 0.1) is 0 Å². The molecule has 0 amide bonds. The molecule has 2 atom stereocenters. The van der Waals surface area contributed by atoms with E-state index in [1.807, 2.05) is 0 Å². The number of hydrogen-bond donors (Lipinski definition) is 0. The fourth-order valence-electron chi connectivity index (χ4n) is 1.83. The van der Waals surface area contributed by atoms with Gasteiger partial charge < -0.3 is 9.47 Å². The lowest BCUT2D eigenvalue weighted by atomic mass is 10.3. The molecule has 0 rings (SSSR count). The van der Waals surface area contributed by atoms with Gasteiger partial charge in [0.2, 0.25) is 0 Å². The minimum absolute atomic E-state index is 0.139. The van der Waals surface area contributed by atoms with E-state index in [9.17, 15) is 4.79 Å². The molecule has 0 aliphatic carbocycles. The molecule has 17 heavy (non-hydrogen) atoms. The van der Waals surface area contributed by atoms with E-state index in [0.717, 1.165) is 32.3 Å². The van der Waals surface area contributed by atoms with Crippen LogP contribution in [0.15, 0.2) is 12.7 Å². The SMILES string of the molecule is C=CC(=O)OC(CCCC)[SiH2]C(CC)COC. The minimum atomic E-state index is -0.460. The van der Waals surface area contributed by atoms with Crippen molar-refractivity contribution in [2.24, 2.45) is 0 Å². The fourth-order valence-corrected chi connectivity index (χ4v) is 4.06. The molecule has 0 N–H and O–H groups in total. The molecule has 0 fully saturated rings. The van der Waals surface area contributed by atoms with E-state index in [-0.39, 0.29) is 11.7 Å². The Morgan fingerprint density at radius 3 is 2.65 bits per heavy atom. The lowest BCUT2D eigenvalue weighted by molar-refractivity contribution is -0.139. The zero-order valence-electron chi connectivity index (χ0n) is 11.4. The number of hydrogen-bond acceptors (Lipinski definition) is 3. The Morgan fingerprint density at radius 2 is 2.18 bits per heavy atom. The van der Waals surface area contributed by atoms with E-state index in [4.69, 9.17) is 9.47 Å². The van der Waals surface area contributed by atoms with Crippen molar-refractivity contribution in [3.8, 4) is 0 Å². The van der Waals surface area contributed by atoms with Crippen molar-refractivity contribution in [3.05, 3.63) is 12.7 Å². The van der Waals surface area contributed by atoms with Gasteiger partial charge in [0.15, 0.2) is 0 Å². The molecule has 4 heteroatoms. The van der Waals surface area contributed by atoms with Crippen molar-refractivity contribution in [3.63, 3.8) is 0 Å². The van der Waals surface area contributed by atoms with Gasteiger partial charge in [-0.05, 0) is 12.0 Å². The lowest BCUT2D eigenvalue weighted by Crippen LogP contribution is -2.28. The predicted molar refractivity (Wildman–Crippen MR) is 74.1 cm³/mol. The quantitative estimate of drug-likeness (QED) is 0.342. The summed E-state index contributed by atoms with van der Waals surface area (Å²) in [4.78, 5) is 11.3. The molecule has 0 bridgehead atoms. The molecule has 100 valence electrons. The zero-order chi connectivity index (χ0) is 13.1. The second-order valence-electron chi connectivity index (χ2n) is 4.37. The van der Waals surface area contributed by atoms with Crippen LogP contribution in [0.25, 0.3) is 0 Å². The molecule has 3 nitrogen and oxygen atoms in total. The Morgan fingerprint density at radius 1 is 1.47 bits per heavy atom. The van der Waals surface area contributed by atoms with Gasteiger partial charge >= 0.3 is 5.97 Å². The van der Waals surface area contributed by atoms with Crippen LogP contribution in [0.3, 0.4) is 0 Å². The Kier molecular flexibility index (Phi) is 10.2. The molecule has 0 aliphatic rings. The maximum Gasteiger partial charge on any atom is 0.330 e. The smallest absolute Gasteiger partial charge is 0.330 e. The van der Waals surface area contributed by atoms with Crippen LogP contribution in [0.1, 0.15) is 39.5 Å². The Hall–Kier alpha value is -0.613. The van der Waals surface area contributed by atoms with E-state index in [0.29, 0.717) is 5.54 Å². The largest absolute Gasteiger partial charge is 0.464 e. The molecule has 0 heterocycles. The standard InChI is InChI=1S/C13H26O3Si/c1-5-8-9-13(16-12(14)7-3)17-11(6-2)10-15-4/h7,11,13H,3,5-6,8-10,17H2,1-2,4H3. The van der Waals surface area contributed by atoms with Crippen LogP contribution in [-0.4, -0.2) is 34.9 Å². The molecular weight excluding hydrogens is 232 g/mol. The highest BCUT2D eigenvalue weighted by molar-refractivity contribution is 6.39. The molecule has 2 unspecified atom stereocenters. The maximum absolute atomic E-state index is 11.3. The first-order valence-corrected chi connectivity index (χ1v) is 8.13. The molecule has 0 aliphatic heterocycles. The van der Waals surface area contributed by atoms with Crippen molar-refractivity contribution >= 4 is 15.5 Å². The Bertz CT molecular complexity index is 219. The summed E-state index contributed by atoms with van der Waals surface area (Å²) in [6.45, 7) is 8.56. The molecule has 0 aromatic carbocycles. The van der Waals surface area contributed by atoms with Gasteiger partial charge in [0.05, 0.1) is 15.2 Å². The number of ether oxygens (including phenoxy) is 2. The second-order valence-corrected chi connectivity index (χ2v) is 6.91. The van der Waals surface area contributed by atoms with Crippen LogP contribution in [0.4, 0.5) is 0 Å². The van der Waals surface area contributed by atoms with Gasteiger partial charge in [0.25, 0.3) is 0 Å². The van der Waals surface area contributed by atoms with Crippen LogP contribution in [-0.2, 0) is 14.3 Å². The molecule has 0 spiro atoms. The van der Waals surface area contributed by atoms with Gasteiger partial charge in [-0.15, -0.1) is 0 Å². The lowest BCUT2D eigenvalue weighted by Gasteiger charge is -2.21. The molecule has 0 saturated carbocycles. The summed E-state index contributed by atoms with van der Waals surface area (Å²) in [6.07, 6.45) is 5.60. The Labute approximate surface area is 107 Å². The van der Waals surface area contributed by atoms with E-state index >= 15 is 0 Å². The summed E-state index contributed by atoms with van der Waals surface area (Å²) in [6, 6.07) is 0. The van der Waals surface area contributed by atoms with Gasteiger partial charge in [-0.1, -0.05) is 39.7 Å². The average Bonchev–Trinajstić information content (AvgIpc) is 2.34. The van der Waals surface area contributed by atoms with Crippen LogP contribution < -0.4 is 0 Å².